The molecule has 0 fully saturated rings. The Morgan fingerprint density at radius 3 is 2.65 bits per heavy atom. The Morgan fingerprint density at radius 2 is 2.12 bits per heavy atom. The third kappa shape index (κ3) is 3.13. The molecule has 0 saturated carbocycles. The molecule has 1 N–H and O–H groups in total. The van der Waals surface area contributed by atoms with Crippen LogP contribution in [0.15, 0.2) is 18.2 Å². The highest BCUT2D eigenvalue weighted by Gasteiger charge is 2.28. The molecule has 1 amide bonds. The molecule has 0 radical (unpaired) electrons. The van der Waals surface area contributed by atoms with Crippen LogP contribution in [-0.4, -0.2) is 33.8 Å². The summed E-state index contributed by atoms with van der Waals surface area (Å²) in [6.45, 7) is 3.86. The van der Waals surface area contributed by atoms with Crippen LogP contribution >= 0.6 is 27.5 Å². The number of halogens is 2. The summed E-state index contributed by atoms with van der Waals surface area (Å²) in [5.41, 5.74) is -0.125. The van der Waals surface area contributed by atoms with Crippen molar-refractivity contribution < 1.29 is 9.90 Å². The predicted molar refractivity (Wildman–Crippen MR) is 73.1 cm³/mol. The van der Waals surface area contributed by atoms with Gasteiger partial charge in [0.1, 0.15) is 5.75 Å². The fraction of sp³-hybridized carbons (Fsp3) is 0.417. The molecule has 0 saturated heterocycles. The van der Waals surface area contributed by atoms with E-state index >= 15 is 0 Å². The normalized spacial score (nSPS) is 11.4. The zero-order valence-corrected chi connectivity index (χ0v) is 12.3. The third-order valence-corrected chi connectivity index (χ3v) is 4.34. The number of carbonyl (C=O) groups excluding carboxylic acids is 1. The molecule has 94 valence electrons. The molecule has 17 heavy (non-hydrogen) atoms. The van der Waals surface area contributed by atoms with Gasteiger partial charge in [-0.15, -0.1) is 0 Å². The van der Waals surface area contributed by atoms with E-state index < -0.39 is 0 Å². The van der Waals surface area contributed by atoms with Gasteiger partial charge in [0.2, 0.25) is 0 Å². The molecule has 3 nitrogen and oxygen atoms in total. The summed E-state index contributed by atoms with van der Waals surface area (Å²) in [4.78, 5) is 13.8. The van der Waals surface area contributed by atoms with Crippen LogP contribution in [0.2, 0.25) is 5.02 Å². The molecule has 0 heterocycles. The van der Waals surface area contributed by atoms with Crippen LogP contribution in [0.4, 0.5) is 0 Å². The smallest absolute Gasteiger partial charge is 0.257 e. The maximum absolute atomic E-state index is 12.2. The molecular formula is C12H15BrClNO2. The minimum Gasteiger partial charge on any atom is -0.507 e. The van der Waals surface area contributed by atoms with Crippen LogP contribution in [0.3, 0.4) is 0 Å². The van der Waals surface area contributed by atoms with Gasteiger partial charge in [-0.3, -0.25) is 4.79 Å². The second kappa shape index (κ2) is 5.27. The van der Waals surface area contributed by atoms with Crippen molar-refractivity contribution in [1.82, 2.24) is 4.90 Å². The number of nitrogens with zero attached hydrogens (tertiary/aromatic N) is 1. The van der Waals surface area contributed by atoms with E-state index in [1.807, 2.05) is 13.8 Å². The van der Waals surface area contributed by atoms with Crippen molar-refractivity contribution in [3.05, 3.63) is 28.8 Å². The minimum atomic E-state index is -0.341. The second-order valence-electron chi connectivity index (χ2n) is 4.47. The minimum absolute atomic E-state index is 0.0587. The van der Waals surface area contributed by atoms with Gasteiger partial charge in [0.15, 0.2) is 0 Å². The number of hydrogen-bond acceptors (Lipinski definition) is 2. The van der Waals surface area contributed by atoms with Crippen molar-refractivity contribution in [2.45, 2.75) is 19.4 Å². The lowest BCUT2D eigenvalue weighted by atomic mass is 10.0. The number of amides is 1. The molecule has 0 atom stereocenters. The van der Waals surface area contributed by atoms with E-state index in [1.165, 1.54) is 12.1 Å². The van der Waals surface area contributed by atoms with E-state index in [9.17, 15) is 9.90 Å². The van der Waals surface area contributed by atoms with Crippen molar-refractivity contribution in [2.24, 2.45) is 0 Å². The summed E-state index contributed by atoms with van der Waals surface area (Å²) in [5.74, 6) is -0.314. The van der Waals surface area contributed by atoms with Crippen LogP contribution in [0, 0.1) is 0 Å². The second-order valence-corrected chi connectivity index (χ2v) is 5.47. The van der Waals surface area contributed by atoms with E-state index in [-0.39, 0.29) is 22.8 Å². The first kappa shape index (κ1) is 14.3. The first-order valence-electron chi connectivity index (χ1n) is 5.12. The van der Waals surface area contributed by atoms with Gasteiger partial charge in [-0.1, -0.05) is 27.5 Å². The number of rotatable bonds is 3. The summed E-state index contributed by atoms with van der Waals surface area (Å²) in [7, 11) is 1.70. The van der Waals surface area contributed by atoms with Gasteiger partial charge >= 0.3 is 0 Å². The number of aromatic hydroxyl groups is 1. The quantitative estimate of drug-likeness (QED) is 0.868. The van der Waals surface area contributed by atoms with Gasteiger partial charge in [-0.25, -0.2) is 0 Å². The van der Waals surface area contributed by atoms with Gasteiger partial charge in [0, 0.05) is 22.9 Å². The van der Waals surface area contributed by atoms with E-state index in [2.05, 4.69) is 15.9 Å². The lowest BCUT2D eigenvalue weighted by Crippen LogP contribution is -2.46. The number of phenolic OH excluding ortho intramolecular Hbond substituents is 1. The van der Waals surface area contributed by atoms with E-state index in [4.69, 9.17) is 11.6 Å². The van der Waals surface area contributed by atoms with E-state index in [1.54, 1.807) is 18.0 Å². The van der Waals surface area contributed by atoms with Crippen molar-refractivity contribution >= 4 is 33.4 Å². The lowest BCUT2D eigenvalue weighted by Gasteiger charge is -2.34. The first-order valence-corrected chi connectivity index (χ1v) is 6.62. The van der Waals surface area contributed by atoms with Gasteiger partial charge in [-0.05, 0) is 32.0 Å². The molecule has 0 aromatic heterocycles. The highest BCUT2D eigenvalue weighted by atomic mass is 79.9. The van der Waals surface area contributed by atoms with Crippen LogP contribution in [0.25, 0.3) is 0 Å². The molecule has 0 spiro atoms. The van der Waals surface area contributed by atoms with E-state index in [0.29, 0.717) is 10.4 Å². The Labute approximate surface area is 115 Å². The number of hydrogen-bond donors (Lipinski definition) is 1. The Hall–Kier alpha value is -0.740. The summed E-state index contributed by atoms with van der Waals surface area (Å²) >= 11 is 9.19. The van der Waals surface area contributed by atoms with E-state index in [0.717, 1.165) is 0 Å². The average molecular weight is 321 g/mol. The zero-order valence-electron chi connectivity index (χ0n) is 10.00. The Morgan fingerprint density at radius 1 is 1.53 bits per heavy atom. The summed E-state index contributed by atoms with van der Waals surface area (Å²) in [6, 6.07) is 4.44. The van der Waals surface area contributed by atoms with Gasteiger partial charge in [0.25, 0.3) is 5.91 Å². The maximum atomic E-state index is 12.2. The fourth-order valence-corrected chi connectivity index (χ4v) is 1.77. The molecule has 0 aliphatic rings. The highest BCUT2D eigenvalue weighted by Crippen LogP contribution is 2.25. The molecular weight excluding hydrogens is 305 g/mol. The molecule has 1 rings (SSSR count). The monoisotopic (exact) mass is 319 g/mol. The SMILES string of the molecule is CN(C(=O)c1cc(Cl)ccc1O)C(C)(C)CBr. The molecule has 0 unspecified atom stereocenters. The Bertz CT molecular complexity index is 435. The molecule has 1 aromatic carbocycles. The van der Waals surface area contributed by atoms with Crippen molar-refractivity contribution in [2.75, 3.05) is 12.4 Å². The molecule has 0 aliphatic heterocycles. The molecule has 0 aliphatic carbocycles. The number of alkyl halides is 1. The average Bonchev–Trinajstić information content (AvgIpc) is 2.30. The molecule has 1 aromatic rings. The van der Waals surface area contributed by atoms with Crippen LogP contribution in [0.5, 0.6) is 5.75 Å². The maximum Gasteiger partial charge on any atom is 0.257 e. The number of phenols is 1. The fourth-order valence-electron chi connectivity index (χ4n) is 1.22. The Kier molecular flexibility index (Phi) is 4.44. The Balaban J connectivity index is 3.08. The first-order chi connectivity index (χ1) is 7.79. The van der Waals surface area contributed by atoms with Crippen LogP contribution < -0.4 is 0 Å². The van der Waals surface area contributed by atoms with Crippen molar-refractivity contribution in [3.8, 4) is 5.75 Å². The highest BCUT2D eigenvalue weighted by molar-refractivity contribution is 9.09. The third-order valence-electron chi connectivity index (χ3n) is 2.73. The lowest BCUT2D eigenvalue weighted by molar-refractivity contribution is 0.0660. The van der Waals surface area contributed by atoms with Gasteiger partial charge < -0.3 is 10.0 Å². The van der Waals surface area contributed by atoms with Gasteiger partial charge in [0.05, 0.1) is 5.56 Å². The predicted octanol–water partition coefficient (Wildman–Crippen LogP) is 3.29. The largest absolute Gasteiger partial charge is 0.507 e. The topological polar surface area (TPSA) is 40.5 Å². The standard InChI is InChI=1S/C12H15BrClNO2/c1-12(2,7-13)15(3)11(17)9-6-8(14)4-5-10(9)16/h4-6,16H,7H2,1-3H3. The van der Waals surface area contributed by atoms with Crippen molar-refractivity contribution in [3.63, 3.8) is 0 Å². The number of benzene rings is 1. The summed E-state index contributed by atoms with van der Waals surface area (Å²) in [5, 5.41) is 10.7. The van der Waals surface area contributed by atoms with Crippen LogP contribution in [0.1, 0.15) is 24.2 Å². The number of carbonyl (C=O) groups is 1. The summed E-state index contributed by atoms with van der Waals surface area (Å²) < 4.78 is 0. The molecule has 0 bridgehead atoms. The van der Waals surface area contributed by atoms with Crippen LogP contribution in [-0.2, 0) is 0 Å². The zero-order chi connectivity index (χ0) is 13.2. The summed E-state index contributed by atoms with van der Waals surface area (Å²) in [6.07, 6.45) is 0. The van der Waals surface area contributed by atoms with Gasteiger partial charge in [-0.2, -0.15) is 0 Å². The molecule has 5 heteroatoms. The van der Waals surface area contributed by atoms with Crippen molar-refractivity contribution in [1.29, 1.82) is 0 Å².